The van der Waals surface area contributed by atoms with Crippen LogP contribution >= 0.6 is 0 Å². The smallest absolute Gasteiger partial charge is 0.308 e. The summed E-state index contributed by atoms with van der Waals surface area (Å²) in [5.41, 5.74) is 0. The Morgan fingerprint density at radius 2 is 0.923 bits per heavy atom. The molecule has 39 heavy (non-hydrogen) atoms. The van der Waals surface area contributed by atoms with Crippen molar-refractivity contribution < 1.29 is 19.4 Å². The molecule has 0 aromatic carbocycles. The van der Waals surface area contributed by atoms with E-state index >= 15 is 0 Å². The number of aliphatic hydroxyl groups is 1. The maximum atomic E-state index is 11.5. The van der Waals surface area contributed by atoms with Crippen LogP contribution < -0.4 is 0 Å². The third-order valence-electron chi connectivity index (χ3n) is 8.18. The Hall–Kier alpha value is -0.610. The highest BCUT2D eigenvalue weighted by Gasteiger charge is 2.15. The molecule has 4 heteroatoms. The molecule has 0 radical (unpaired) electrons. The zero-order chi connectivity index (χ0) is 28.7. The van der Waals surface area contributed by atoms with Gasteiger partial charge in [0.2, 0.25) is 0 Å². The van der Waals surface area contributed by atoms with E-state index in [0.717, 1.165) is 25.9 Å². The Bertz CT molecular complexity index is 481. The summed E-state index contributed by atoms with van der Waals surface area (Å²) in [5, 5.41) is 10.2. The number of methoxy groups -OCH3 is 1. The van der Waals surface area contributed by atoms with Gasteiger partial charge in [-0.3, -0.25) is 4.79 Å². The van der Waals surface area contributed by atoms with Crippen molar-refractivity contribution in [2.45, 2.75) is 206 Å². The van der Waals surface area contributed by atoms with Crippen molar-refractivity contribution in [3.63, 3.8) is 0 Å². The predicted octanol–water partition coefficient (Wildman–Crippen LogP) is 10.9. The van der Waals surface area contributed by atoms with E-state index < -0.39 is 6.10 Å². The topological polar surface area (TPSA) is 55.8 Å². The molecule has 0 heterocycles. The van der Waals surface area contributed by atoms with E-state index in [0.29, 0.717) is 6.42 Å². The molecule has 0 unspecified atom stereocenters. The van der Waals surface area contributed by atoms with Crippen LogP contribution in [0.25, 0.3) is 0 Å². The van der Waals surface area contributed by atoms with Crippen LogP contribution in [0.1, 0.15) is 194 Å². The molecule has 0 spiro atoms. The van der Waals surface area contributed by atoms with E-state index in [2.05, 4.69) is 13.8 Å². The lowest BCUT2D eigenvalue weighted by Gasteiger charge is -2.19. The molecule has 0 aromatic rings. The molecular formula is C35H70O4. The quantitative estimate of drug-likeness (QED) is 0.0663. The van der Waals surface area contributed by atoms with Crippen molar-refractivity contribution in [3.8, 4) is 0 Å². The van der Waals surface area contributed by atoms with Gasteiger partial charge < -0.3 is 14.6 Å². The van der Waals surface area contributed by atoms with Gasteiger partial charge >= 0.3 is 5.97 Å². The third kappa shape index (κ3) is 30.2. The molecule has 0 aliphatic carbocycles. The fraction of sp³-hybridized carbons (Fsp3) is 0.971. The van der Waals surface area contributed by atoms with Crippen molar-refractivity contribution in [2.24, 2.45) is 0 Å². The summed E-state index contributed by atoms with van der Waals surface area (Å²) in [6, 6.07) is 0. The molecule has 0 saturated carbocycles. The second-order valence-corrected chi connectivity index (χ2v) is 12.1. The van der Waals surface area contributed by atoms with Gasteiger partial charge in [-0.2, -0.15) is 0 Å². The fourth-order valence-corrected chi connectivity index (χ4v) is 5.47. The first-order valence-electron chi connectivity index (χ1n) is 17.5. The minimum absolute atomic E-state index is 0.0839. The van der Waals surface area contributed by atoms with Crippen molar-refractivity contribution in [3.05, 3.63) is 0 Å². The third-order valence-corrected chi connectivity index (χ3v) is 8.18. The van der Waals surface area contributed by atoms with E-state index in [4.69, 9.17) is 9.47 Å². The summed E-state index contributed by atoms with van der Waals surface area (Å²) in [5.74, 6) is -0.336. The first-order valence-corrected chi connectivity index (χ1v) is 17.5. The van der Waals surface area contributed by atoms with Gasteiger partial charge in [0.05, 0.1) is 25.7 Å². The van der Waals surface area contributed by atoms with Gasteiger partial charge in [0.1, 0.15) is 0 Å². The molecule has 0 saturated heterocycles. The van der Waals surface area contributed by atoms with E-state index in [1.54, 1.807) is 0 Å². The normalized spacial score (nSPS) is 13.0. The van der Waals surface area contributed by atoms with Gasteiger partial charge in [0, 0.05) is 6.61 Å². The molecule has 234 valence electrons. The maximum absolute atomic E-state index is 11.5. The first kappa shape index (κ1) is 38.4. The van der Waals surface area contributed by atoms with E-state index in [1.165, 1.54) is 155 Å². The molecular weight excluding hydrogens is 484 g/mol. The zero-order valence-electron chi connectivity index (χ0n) is 26.8. The van der Waals surface area contributed by atoms with Gasteiger partial charge in [-0.15, -0.1) is 0 Å². The van der Waals surface area contributed by atoms with Crippen LogP contribution in [-0.2, 0) is 14.3 Å². The van der Waals surface area contributed by atoms with Crippen LogP contribution in [-0.4, -0.2) is 37.0 Å². The Morgan fingerprint density at radius 3 is 1.33 bits per heavy atom. The average molecular weight is 555 g/mol. The maximum Gasteiger partial charge on any atom is 0.308 e. The van der Waals surface area contributed by atoms with E-state index in [1.807, 2.05) is 0 Å². The van der Waals surface area contributed by atoms with Crippen LogP contribution in [0.2, 0.25) is 0 Å². The summed E-state index contributed by atoms with van der Waals surface area (Å²) in [6.45, 7) is 5.39. The van der Waals surface area contributed by atoms with Crippen molar-refractivity contribution in [1.29, 1.82) is 0 Å². The lowest BCUT2D eigenvalue weighted by molar-refractivity contribution is -0.143. The van der Waals surface area contributed by atoms with Crippen molar-refractivity contribution in [2.75, 3.05) is 13.7 Å². The average Bonchev–Trinajstić information content (AvgIpc) is 2.94. The number of ether oxygens (including phenoxy) is 2. The monoisotopic (exact) mass is 555 g/mol. The Morgan fingerprint density at radius 1 is 0.538 bits per heavy atom. The summed E-state index contributed by atoms with van der Waals surface area (Å²) in [7, 11) is 1.38. The largest absolute Gasteiger partial charge is 0.469 e. The van der Waals surface area contributed by atoms with Gasteiger partial charge in [-0.05, 0) is 25.7 Å². The van der Waals surface area contributed by atoms with Crippen LogP contribution in [0.4, 0.5) is 0 Å². The van der Waals surface area contributed by atoms with Crippen LogP contribution in [0, 0.1) is 0 Å². The van der Waals surface area contributed by atoms with Gasteiger partial charge in [0.15, 0.2) is 0 Å². The molecule has 0 aromatic heterocycles. The second kappa shape index (κ2) is 31.9. The number of hydrogen-bond acceptors (Lipinski definition) is 4. The number of unbranched alkanes of at least 4 members (excludes halogenated alkanes) is 22. The highest BCUT2D eigenvalue weighted by Crippen LogP contribution is 2.18. The molecule has 0 fully saturated rings. The minimum Gasteiger partial charge on any atom is -0.469 e. The van der Waals surface area contributed by atoms with Crippen molar-refractivity contribution in [1.82, 2.24) is 0 Å². The van der Waals surface area contributed by atoms with Crippen LogP contribution in [0.5, 0.6) is 0 Å². The Kier molecular flexibility index (Phi) is 31.4. The first-order chi connectivity index (χ1) is 19.1. The summed E-state index contributed by atoms with van der Waals surface area (Å²) in [6.07, 6.45) is 34.8. The standard InChI is InChI=1S/C35H70O4/c1-4-6-8-10-12-14-16-18-20-22-24-26-28-34(30-29-33(36)32-35(37)38-3)39-31-27-25-23-21-19-17-15-13-11-9-7-5-2/h33-34,36H,4-32H2,1-3H3/t33-,34-/m1/s1. The number of carbonyl (C=O) groups is 1. The molecule has 2 atom stereocenters. The Labute approximate surface area is 244 Å². The van der Waals surface area contributed by atoms with Crippen LogP contribution in [0.15, 0.2) is 0 Å². The molecule has 0 bridgehead atoms. The SMILES string of the molecule is CCCCCCCCCCCCCCO[C@H](CCCCCCCCCCCCCC)CC[C@@H](O)CC(=O)OC. The van der Waals surface area contributed by atoms with E-state index in [9.17, 15) is 9.90 Å². The fourth-order valence-electron chi connectivity index (χ4n) is 5.47. The van der Waals surface area contributed by atoms with E-state index in [-0.39, 0.29) is 18.5 Å². The number of carbonyl (C=O) groups excluding carboxylic acids is 1. The predicted molar refractivity (Wildman–Crippen MR) is 168 cm³/mol. The molecule has 0 rings (SSSR count). The van der Waals surface area contributed by atoms with Crippen molar-refractivity contribution >= 4 is 5.97 Å². The van der Waals surface area contributed by atoms with Gasteiger partial charge in [0.25, 0.3) is 0 Å². The number of hydrogen-bond donors (Lipinski definition) is 1. The zero-order valence-corrected chi connectivity index (χ0v) is 26.8. The summed E-state index contributed by atoms with van der Waals surface area (Å²) >= 11 is 0. The molecule has 0 aliphatic rings. The number of aliphatic hydroxyl groups excluding tert-OH is 1. The lowest BCUT2D eigenvalue weighted by Crippen LogP contribution is -2.20. The molecule has 4 nitrogen and oxygen atoms in total. The Balaban J connectivity index is 3.93. The highest BCUT2D eigenvalue weighted by atomic mass is 16.5. The molecule has 0 amide bonds. The second-order valence-electron chi connectivity index (χ2n) is 12.1. The molecule has 1 N–H and O–H groups in total. The number of rotatable bonds is 32. The van der Waals surface area contributed by atoms with Crippen LogP contribution in [0.3, 0.4) is 0 Å². The van der Waals surface area contributed by atoms with Gasteiger partial charge in [-0.25, -0.2) is 0 Å². The highest BCUT2D eigenvalue weighted by molar-refractivity contribution is 5.69. The minimum atomic E-state index is -0.628. The summed E-state index contributed by atoms with van der Waals surface area (Å²) < 4.78 is 11.0. The summed E-state index contributed by atoms with van der Waals surface area (Å²) in [4.78, 5) is 11.5. The lowest BCUT2D eigenvalue weighted by atomic mass is 10.0. The van der Waals surface area contributed by atoms with Gasteiger partial charge in [-0.1, -0.05) is 162 Å². The number of esters is 1. The molecule has 0 aliphatic heterocycles.